The quantitative estimate of drug-likeness (QED) is 0.0324. The van der Waals surface area contributed by atoms with Gasteiger partial charge >= 0.3 is 0 Å². The van der Waals surface area contributed by atoms with E-state index in [2.05, 4.69) is 89.9 Å². The van der Waals surface area contributed by atoms with E-state index in [-0.39, 0.29) is 77.2 Å². The Balaban J connectivity index is 1.46. The fourth-order valence-electron chi connectivity index (χ4n) is 6.68. The van der Waals surface area contributed by atoms with E-state index >= 15 is 0 Å². The summed E-state index contributed by atoms with van der Waals surface area (Å²) in [5.41, 5.74) is 6.41. The Hall–Kier alpha value is -6.43. The van der Waals surface area contributed by atoms with E-state index in [0.717, 1.165) is 33.7 Å². The average Bonchev–Trinajstić information content (AvgIpc) is 3.30. The largest absolute Gasteiger partial charge is 0.748 e. The number of hydrogen-bond donors (Lipinski definition) is 7. The zero-order valence-corrected chi connectivity index (χ0v) is 41.7. The number of carbonyl (C=O) groups excluding carboxylic acids is 6. The predicted molar refractivity (Wildman–Crippen MR) is 264 cm³/mol. The SMILES string of the molecule is CN(C)c1ccc(C(=C2C=CC(=[N+](C)C)C=C2)c2ccc(OCCCC(=O)NCCNC(=O)C(CCCCNC(=O)CCC(=O)NCCS(=O)(=O)O)NC(=O)CCC(=O)NCCS(=O)(=O)[O-])cc2)cc1. The van der Waals surface area contributed by atoms with Crippen LogP contribution in [0.25, 0.3) is 5.57 Å². The Morgan fingerprint density at radius 1 is 0.629 bits per heavy atom. The number of nitrogens with one attached hydrogen (secondary N) is 6. The van der Waals surface area contributed by atoms with Crippen LogP contribution in [0.5, 0.6) is 5.75 Å². The molecule has 0 aliphatic heterocycles. The first-order valence-electron chi connectivity index (χ1n) is 22.8. The van der Waals surface area contributed by atoms with Gasteiger partial charge in [-0.05, 0) is 84.4 Å². The molecule has 7 N–H and O–H groups in total. The van der Waals surface area contributed by atoms with Crippen molar-refractivity contribution >= 4 is 72.7 Å². The molecule has 1 aliphatic rings. The lowest BCUT2D eigenvalue weighted by molar-refractivity contribution is -0.462. The van der Waals surface area contributed by atoms with Crippen molar-refractivity contribution in [3.63, 3.8) is 0 Å². The zero-order chi connectivity index (χ0) is 51.7. The highest BCUT2D eigenvalue weighted by Crippen LogP contribution is 2.32. The molecule has 0 fully saturated rings. The van der Waals surface area contributed by atoms with E-state index < -0.39 is 73.9 Å². The van der Waals surface area contributed by atoms with Crippen LogP contribution in [0.1, 0.15) is 68.9 Å². The summed E-state index contributed by atoms with van der Waals surface area (Å²) in [6.07, 6.45) is 8.75. The molecule has 0 bridgehead atoms. The normalized spacial score (nSPS) is 12.6. The molecule has 0 saturated heterocycles. The molecule has 70 heavy (non-hydrogen) atoms. The maximum atomic E-state index is 13.2. The number of benzene rings is 2. The first-order valence-corrected chi connectivity index (χ1v) is 26.0. The molecule has 23 heteroatoms. The highest BCUT2D eigenvalue weighted by Gasteiger charge is 2.21. The van der Waals surface area contributed by atoms with Crippen LogP contribution >= 0.6 is 0 Å². The third-order valence-corrected chi connectivity index (χ3v) is 11.9. The molecule has 0 radical (unpaired) electrons. The van der Waals surface area contributed by atoms with Crippen molar-refractivity contribution in [2.45, 2.75) is 63.8 Å². The van der Waals surface area contributed by atoms with Crippen molar-refractivity contribution < 1.29 is 64.0 Å². The zero-order valence-electron chi connectivity index (χ0n) is 40.1. The second-order valence-corrected chi connectivity index (χ2v) is 19.7. The third-order valence-electron chi connectivity index (χ3n) is 10.5. The van der Waals surface area contributed by atoms with Crippen LogP contribution in [-0.4, -0.2) is 157 Å². The molecule has 21 nitrogen and oxygen atoms in total. The lowest BCUT2D eigenvalue weighted by atomic mass is 9.90. The molecular weight excluding hydrogens is 949 g/mol. The molecule has 2 aromatic rings. The Morgan fingerprint density at radius 3 is 1.67 bits per heavy atom. The molecule has 3 rings (SSSR count). The maximum Gasteiger partial charge on any atom is 0.266 e. The van der Waals surface area contributed by atoms with Crippen molar-refractivity contribution in [2.24, 2.45) is 0 Å². The van der Waals surface area contributed by atoms with E-state index in [1.807, 2.05) is 52.5 Å². The second-order valence-electron chi connectivity index (χ2n) is 16.6. The summed E-state index contributed by atoms with van der Waals surface area (Å²) >= 11 is 0. The van der Waals surface area contributed by atoms with Gasteiger partial charge in [-0.25, -0.2) is 13.0 Å². The molecule has 0 spiro atoms. The molecule has 1 atom stereocenters. The van der Waals surface area contributed by atoms with Crippen molar-refractivity contribution in [3.05, 3.63) is 89.5 Å². The van der Waals surface area contributed by atoms with E-state index in [1.54, 1.807) is 0 Å². The van der Waals surface area contributed by atoms with Crippen molar-refractivity contribution in [3.8, 4) is 5.75 Å². The number of anilines is 1. The van der Waals surface area contributed by atoms with Gasteiger partial charge < -0.3 is 46.1 Å². The number of carbonyl (C=O) groups is 6. The standard InChI is InChI=1S/C47H66N8O13S2/c1-54(2)37-16-10-34(11-17-37)46(35-12-18-38(19-13-35)55(3)4)36-14-20-39(21-15-36)68-31-7-9-41(56)49-27-28-52-47(61)40(53-45(60)25-24-44(59)51-30-33-70(65,66)67)8-5-6-26-48-42(57)22-23-43(58)50-29-32-69(62,63)64/h10-21,40H,5-9,22-33H2,1-4H3,(H7-,48,49,50,51,52,53,56,57,58,59,60,61,62,63,64,65,66,67). The Bertz CT molecular complexity index is 2450. The number of nitrogens with zero attached hydrogens (tertiary/aromatic N) is 2. The van der Waals surface area contributed by atoms with Gasteiger partial charge in [0.15, 0.2) is 5.71 Å². The Morgan fingerprint density at radius 2 is 1.13 bits per heavy atom. The van der Waals surface area contributed by atoms with Crippen molar-refractivity contribution in [1.29, 1.82) is 0 Å². The number of rotatable bonds is 30. The lowest BCUT2D eigenvalue weighted by Gasteiger charge is -2.19. The van der Waals surface area contributed by atoms with Gasteiger partial charge in [-0.2, -0.15) is 8.42 Å². The number of amides is 6. The van der Waals surface area contributed by atoms with Crippen LogP contribution in [0.15, 0.2) is 78.4 Å². The average molecular weight is 1020 g/mol. The fourth-order valence-corrected chi connectivity index (χ4v) is 7.40. The number of hydrogen-bond acceptors (Lipinski definition) is 13. The summed E-state index contributed by atoms with van der Waals surface area (Å²) in [5, 5.41) is 15.1. The summed E-state index contributed by atoms with van der Waals surface area (Å²) in [5.74, 6) is -3.99. The van der Waals surface area contributed by atoms with E-state index in [1.165, 1.54) is 0 Å². The van der Waals surface area contributed by atoms with Gasteiger partial charge in [0.05, 0.1) is 28.2 Å². The maximum absolute atomic E-state index is 13.2. The van der Waals surface area contributed by atoms with Gasteiger partial charge in [-0.1, -0.05) is 24.3 Å². The minimum Gasteiger partial charge on any atom is -0.748 e. The summed E-state index contributed by atoms with van der Waals surface area (Å²) in [6, 6.07) is 15.2. The van der Waals surface area contributed by atoms with Crippen molar-refractivity contribution in [1.82, 2.24) is 31.9 Å². The highest BCUT2D eigenvalue weighted by molar-refractivity contribution is 7.86. The molecule has 1 aliphatic carbocycles. The summed E-state index contributed by atoms with van der Waals surface area (Å²) in [4.78, 5) is 76.6. The van der Waals surface area contributed by atoms with E-state index in [0.29, 0.717) is 25.0 Å². The molecular formula is C47H66N8O13S2. The van der Waals surface area contributed by atoms with Gasteiger partial charge in [0.2, 0.25) is 35.4 Å². The number of allylic oxidation sites excluding steroid dienone is 5. The van der Waals surface area contributed by atoms with Gasteiger partial charge in [0.1, 0.15) is 25.9 Å². The van der Waals surface area contributed by atoms with Crippen LogP contribution < -0.4 is 41.5 Å². The summed E-state index contributed by atoms with van der Waals surface area (Å²) in [6.45, 7) is -0.146. The molecule has 384 valence electrons. The minimum atomic E-state index is -4.54. The van der Waals surface area contributed by atoms with Crippen LogP contribution in [0.4, 0.5) is 5.69 Å². The Labute approximate surface area is 410 Å². The molecule has 0 saturated carbocycles. The highest BCUT2D eigenvalue weighted by atomic mass is 32.2. The van der Waals surface area contributed by atoms with Crippen LogP contribution in [0.3, 0.4) is 0 Å². The third kappa shape index (κ3) is 23.7. The first kappa shape index (κ1) is 57.9. The van der Waals surface area contributed by atoms with Crippen molar-refractivity contribution in [2.75, 3.05) is 83.9 Å². The van der Waals surface area contributed by atoms with E-state index in [9.17, 15) is 50.2 Å². The van der Waals surface area contributed by atoms with Crippen LogP contribution in [0.2, 0.25) is 0 Å². The van der Waals surface area contributed by atoms with Gasteiger partial charge in [-0.15, -0.1) is 0 Å². The van der Waals surface area contributed by atoms with Crippen LogP contribution in [-0.2, 0) is 49.0 Å². The Kier molecular flexibility index (Phi) is 24.4. The second kappa shape index (κ2) is 29.6. The van der Waals surface area contributed by atoms with Gasteiger partial charge in [0.25, 0.3) is 10.1 Å². The molecule has 0 aromatic heterocycles. The van der Waals surface area contributed by atoms with Crippen LogP contribution in [0, 0.1) is 0 Å². The number of ether oxygens (including phenoxy) is 1. The molecule has 6 amide bonds. The predicted octanol–water partition coefficient (Wildman–Crippen LogP) is 0.782. The smallest absolute Gasteiger partial charge is 0.266 e. The first-order chi connectivity index (χ1) is 33.1. The number of unbranched alkanes of at least 4 members (excludes halogenated alkanes) is 1. The fraction of sp³-hybridized carbons (Fsp3) is 0.468. The summed E-state index contributed by atoms with van der Waals surface area (Å²) in [7, 11) is -0.780. The molecule has 1 unspecified atom stereocenters. The lowest BCUT2D eigenvalue weighted by Crippen LogP contribution is -2.48. The topological polar surface area (TPSA) is 302 Å². The summed E-state index contributed by atoms with van der Waals surface area (Å²) < 4.78 is 70.7. The van der Waals surface area contributed by atoms with Gasteiger partial charge in [0, 0.05) is 96.8 Å². The molecule has 2 aromatic carbocycles. The molecule has 0 heterocycles. The minimum absolute atomic E-state index is 0.0306. The van der Waals surface area contributed by atoms with E-state index in [4.69, 9.17) is 9.29 Å². The van der Waals surface area contributed by atoms with Gasteiger partial charge in [-0.3, -0.25) is 33.3 Å². The monoisotopic (exact) mass is 1010 g/mol.